The van der Waals surface area contributed by atoms with Gasteiger partial charge >= 0.3 is 6.18 Å². The van der Waals surface area contributed by atoms with Gasteiger partial charge in [-0.05, 0) is 38.1 Å². The first-order valence-corrected chi connectivity index (χ1v) is 8.64. The number of aryl methyl sites for hydroxylation is 1. The number of benzene rings is 2. The molecule has 8 heteroatoms. The van der Waals surface area contributed by atoms with Crippen molar-refractivity contribution < 1.29 is 17.9 Å². The Hall–Kier alpha value is -3.29. The van der Waals surface area contributed by atoms with Crippen molar-refractivity contribution in [2.24, 2.45) is 0 Å². The molecule has 0 atom stereocenters. The summed E-state index contributed by atoms with van der Waals surface area (Å²) >= 11 is 0. The summed E-state index contributed by atoms with van der Waals surface area (Å²) in [5.41, 5.74) is 0.422. The fourth-order valence-electron chi connectivity index (χ4n) is 2.64. The minimum atomic E-state index is -4.47. The summed E-state index contributed by atoms with van der Waals surface area (Å²) in [6.45, 7) is 4.11. The van der Waals surface area contributed by atoms with Crippen molar-refractivity contribution in [2.45, 2.75) is 20.0 Å². The van der Waals surface area contributed by atoms with Gasteiger partial charge in [-0.2, -0.15) is 18.2 Å². The molecule has 146 valence electrons. The Labute approximate surface area is 160 Å². The van der Waals surface area contributed by atoms with E-state index < -0.39 is 11.7 Å². The Morgan fingerprint density at radius 1 is 0.929 bits per heavy atom. The van der Waals surface area contributed by atoms with Crippen LogP contribution in [-0.2, 0) is 6.18 Å². The first kappa shape index (κ1) is 19.5. The summed E-state index contributed by atoms with van der Waals surface area (Å²) in [6, 6.07) is 14.1. The van der Waals surface area contributed by atoms with Crippen LogP contribution in [0.15, 0.2) is 54.6 Å². The minimum absolute atomic E-state index is 0.0752. The minimum Gasteiger partial charge on any atom is -0.492 e. The fraction of sp³-hybridized carbons (Fsp3) is 0.200. The first-order chi connectivity index (χ1) is 13.4. The van der Waals surface area contributed by atoms with E-state index in [4.69, 9.17) is 4.74 Å². The van der Waals surface area contributed by atoms with Gasteiger partial charge in [-0.15, -0.1) is 0 Å². The average molecular weight is 388 g/mol. The second-order valence-electron chi connectivity index (χ2n) is 5.94. The predicted molar refractivity (Wildman–Crippen MR) is 102 cm³/mol. The fourth-order valence-corrected chi connectivity index (χ4v) is 2.64. The maximum atomic E-state index is 13.2. The van der Waals surface area contributed by atoms with Crippen molar-refractivity contribution in [3.8, 4) is 5.75 Å². The van der Waals surface area contributed by atoms with E-state index in [0.717, 1.165) is 6.07 Å². The molecule has 0 amide bonds. The summed E-state index contributed by atoms with van der Waals surface area (Å²) in [7, 11) is 0. The molecule has 28 heavy (non-hydrogen) atoms. The number of nitrogens with one attached hydrogen (secondary N) is 2. The van der Waals surface area contributed by atoms with Crippen molar-refractivity contribution in [1.29, 1.82) is 0 Å². The van der Waals surface area contributed by atoms with Crippen LogP contribution in [0.2, 0.25) is 0 Å². The molecule has 0 saturated heterocycles. The van der Waals surface area contributed by atoms with Crippen LogP contribution in [0.3, 0.4) is 0 Å². The molecular weight excluding hydrogens is 369 g/mol. The molecule has 0 aliphatic heterocycles. The Kier molecular flexibility index (Phi) is 5.67. The third-order valence-corrected chi connectivity index (χ3v) is 3.78. The van der Waals surface area contributed by atoms with E-state index in [1.807, 2.05) is 25.1 Å². The van der Waals surface area contributed by atoms with Gasteiger partial charge in [0, 0.05) is 11.8 Å². The van der Waals surface area contributed by atoms with Crippen molar-refractivity contribution in [3.63, 3.8) is 0 Å². The topological polar surface area (TPSA) is 59.1 Å². The number of alkyl halides is 3. The monoisotopic (exact) mass is 388 g/mol. The average Bonchev–Trinajstić information content (AvgIpc) is 2.63. The van der Waals surface area contributed by atoms with E-state index in [1.54, 1.807) is 19.1 Å². The molecule has 0 unspecified atom stereocenters. The van der Waals surface area contributed by atoms with E-state index in [-0.39, 0.29) is 17.5 Å². The van der Waals surface area contributed by atoms with Crippen LogP contribution in [0.1, 0.15) is 18.2 Å². The van der Waals surface area contributed by atoms with Crippen LogP contribution < -0.4 is 15.4 Å². The van der Waals surface area contributed by atoms with Crippen molar-refractivity contribution in [3.05, 3.63) is 65.9 Å². The molecule has 0 fully saturated rings. The summed E-state index contributed by atoms with van der Waals surface area (Å²) in [5, 5.41) is 5.80. The number of para-hydroxylation sites is 3. The number of hydrogen-bond acceptors (Lipinski definition) is 5. The summed E-state index contributed by atoms with van der Waals surface area (Å²) < 4.78 is 45.2. The van der Waals surface area contributed by atoms with Gasteiger partial charge in [-0.1, -0.05) is 24.3 Å². The molecule has 1 heterocycles. The van der Waals surface area contributed by atoms with E-state index >= 15 is 0 Å². The molecule has 0 spiro atoms. The Morgan fingerprint density at radius 2 is 1.61 bits per heavy atom. The van der Waals surface area contributed by atoms with Crippen molar-refractivity contribution in [2.75, 3.05) is 17.2 Å². The van der Waals surface area contributed by atoms with E-state index in [1.165, 1.54) is 18.2 Å². The van der Waals surface area contributed by atoms with Crippen LogP contribution in [-0.4, -0.2) is 16.6 Å². The zero-order valence-corrected chi connectivity index (χ0v) is 15.3. The highest BCUT2D eigenvalue weighted by Crippen LogP contribution is 2.36. The highest BCUT2D eigenvalue weighted by Gasteiger charge is 2.33. The molecule has 2 aromatic carbocycles. The van der Waals surface area contributed by atoms with Gasteiger partial charge in [-0.3, -0.25) is 0 Å². The van der Waals surface area contributed by atoms with Crippen LogP contribution in [0, 0.1) is 6.92 Å². The Balaban J connectivity index is 1.90. The SMILES string of the molecule is CCOc1ccccc1Nc1nc(C)cc(Nc2ccccc2C(F)(F)F)n1. The number of ether oxygens (including phenoxy) is 1. The van der Waals surface area contributed by atoms with Gasteiger partial charge in [0.25, 0.3) is 0 Å². The predicted octanol–water partition coefficient (Wildman–Crippen LogP) is 5.69. The molecule has 0 aliphatic carbocycles. The smallest absolute Gasteiger partial charge is 0.418 e. The largest absolute Gasteiger partial charge is 0.492 e. The molecule has 1 aromatic heterocycles. The van der Waals surface area contributed by atoms with E-state index in [0.29, 0.717) is 23.7 Å². The van der Waals surface area contributed by atoms with Gasteiger partial charge in [0.05, 0.1) is 23.5 Å². The number of hydrogen-bond donors (Lipinski definition) is 2. The second kappa shape index (κ2) is 8.16. The quantitative estimate of drug-likeness (QED) is 0.568. The van der Waals surface area contributed by atoms with E-state index in [9.17, 15) is 13.2 Å². The lowest BCUT2D eigenvalue weighted by Crippen LogP contribution is -2.10. The van der Waals surface area contributed by atoms with Crippen molar-refractivity contribution in [1.82, 2.24) is 9.97 Å². The number of rotatable bonds is 6. The van der Waals surface area contributed by atoms with Crippen molar-refractivity contribution >= 4 is 23.1 Å². The molecule has 3 aromatic rings. The maximum Gasteiger partial charge on any atom is 0.418 e. The number of halogens is 3. The van der Waals surface area contributed by atoms with Crippen LogP contribution in [0.25, 0.3) is 0 Å². The molecule has 2 N–H and O–H groups in total. The second-order valence-corrected chi connectivity index (χ2v) is 5.94. The lowest BCUT2D eigenvalue weighted by molar-refractivity contribution is -0.136. The molecule has 0 radical (unpaired) electrons. The third-order valence-electron chi connectivity index (χ3n) is 3.78. The molecule has 0 saturated carbocycles. The first-order valence-electron chi connectivity index (χ1n) is 8.64. The normalized spacial score (nSPS) is 11.2. The number of nitrogens with zero attached hydrogens (tertiary/aromatic N) is 2. The van der Waals surface area contributed by atoms with Gasteiger partial charge in [0.2, 0.25) is 5.95 Å². The summed E-state index contributed by atoms with van der Waals surface area (Å²) in [6.07, 6.45) is -4.47. The van der Waals surface area contributed by atoms with E-state index in [2.05, 4.69) is 20.6 Å². The number of anilines is 4. The third kappa shape index (κ3) is 4.70. The van der Waals surface area contributed by atoms with Crippen LogP contribution >= 0.6 is 0 Å². The molecular formula is C20H19F3N4O. The molecule has 5 nitrogen and oxygen atoms in total. The number of aromatic nitrogens is 2. The summed E-state index contributed by atoms with van der Waals surface area (Å²) in [5.74, 6) is 1.13. The van der Waals surface area contributed by atoms with Crippen LogP contribution in [0.5, 0.6) is 5.75 Å². The highest BCUT2D eigenvalue weighted by molar-refractivity contribution is 5.66. The van der Waals surface area contributed by atoms with Gasteiger partial charge in [-0.25, -0.2) is 4.98 Å². The lowest BCUT2D eigenvalue weighted by atomic mass is 10.1. The Morgan fingerprint density at radius 3 is 2.32 bits per heavy atom. The molecule has 3 rings (SSSR count). The van der Waals surface area contributed by atoms with Crippen LogP contribution in [0.4, 0.5) is 36.3 Å². The lowest BCUT2D eigenvalue weighted by Gasteiger charge is -2.15. The summed E-state index contributed by atoms with van der Waals surface area (Å²) in [4.78, 5) is 8.60. The highest BCUT2D eigenvalue weighted by atomic mass is 19.4. The van der Waals surface area contributed by atoms with Gasteiger partial charge in [0.1, 0.15) is 11.6 Å². The zero-order chi connectivity index (χ0) is 20.1. The molecule has 0 bridgehead atoms. The molecule has 0 aliphatic rings. The maximum absolute atomic E-state index is 13.2. The van der Waals surface area contributed by atoms with Gasteiger partial charge in [0.15, 0.2) is 0 Å². The zero-order valence-electron chi connectivity index (χ0n) is 15.3. The Bertz CT molecular complexity index is 960. The van der Waals surface area contributed by atoms with Gasteiger partial charge < -0.3 is 15.4 Å². The standard InChI is InChI=1S/C20H19F3N4O/c1-3-28-17-11-7-6-10-16(17)26-19-24-13(2)12-18(27-19)25-15-9-5-4-8-14(15)20(21,22)23/h4-12H,3H2,1-2H3,(H2,24,25,26,27).